The molecule has 1 saturated carbocycles. The van der Waals surface area contributed by atoms with Gasteiger partial charge in [0, 0.05) is 11.7 Å². The molecule has 2 heterocycles. The van der Waals surface area contributed by atoms with Gasteiger partial charge < -0.3 is 30.2 Å². The number of fused-ring (bicyclic) bond motifs is 1. The summed E-state index contributed by atoms with van der Waals surface area (Å²) >= 11 is 5.39. The largest absolute Gasteiger partial charge is 0.441 e. The highest BCUT2D eigenvalue weighted by atomic mass is 32.1. The van der Waals surface area contributed by atoms with Crippen LogP contribution in [0.25, 0.3) is 0 Å². The van der Waals surface area contributed by atoms with Crippen LogP contribution in [0.15, 0.2) is 30.3 Å². The molecule has 3 fully saturated rings. The summed E-state index contributed by atoms with van der Waals surface area (Å²) in [6, 6.07) is 9.88. The van der Waals surface area contributed by atoms with Gasteiger partial charge in [-0.3, -0.25) is 0 Å². The normalized spacial score (nSPS) is 29.7. The molecule has 2 saturated heterocycles. The third-order valence-electron chi connectivity index (χ3n) is 5.54. The summed E-state index contributed by atoms with van der Waals surface area (Å²) < 4.78 is 17.3. The van der Waals surface area contributed by atoms with Crippen molar-refractivity contribution in [2.24, 2.45) is 0 Å². The van der Waals surface area contributed by atoms with Gasteiger partial charge in [0.1, 0.15) is 12.2 Å². The number of hydrogen-bond acceptors (Lipinski definition) is 5. The molecule has 1 aromatic carbocycles. The Balaban J connectivity index is 1.24. The van der Waals surface area contributed by atoms with Gasteiger partial charge in [-0.1, -0.05) is 37.5 Å². The smallest absolute Gasteiger partial charge is 0.407 e. The van der Waals surface area contributed by atoms with Crippen molar-refractivity contribution in [3.05, 3.63) is 30.3 Å². The quantitative estimate of drug-likeness (QED) is 0.664. The molecule has 28 heavy (non-hydrogen) atoms. The standard InChI is InChI=1S/C20H27N3O4S/c24-20(22-14-9-5-2-6-10-14)27-16-12-26-17-15(11-25-18(16)17)23-19(28)21-13-7-3-1-4-8-13/h1,3-4,7-8,14-18H,2,5-6,9-12H2,(H,22,24)(H2,21,23,28)/t15-,16-,17-,18+/m1/s1. The average molecular weight is 406 g/mol. The van der Waals surface area contributed by atoms with Crippen molar-refractivity contribution in [3.63, 3.8) is 0 Å². The monoisotopic (exact) mass is 405 g/mol. The van der Waals surface area contributed by atoms with Crippen molar-refractivity contribution in [1.82, 2.24) is 10.6 Å². The molecule has 0 bridgehead atoms. The van der Waals surface area contributed by atoms with Gasteiger partial charge in [-0.05, 0) is 37.2 Å². The van der Waals surface area contributed by atoms with Gasteiger partial charge in [-0.15, -0.1) is 0 Å². The number of para-hydroxylation sites is 1. The SMILES string of the molecule is O=C(NC1CCCCC1)O[C@@H]1CO[C@H]2[C@H]1OC[C@H]2NC(=S)Nc1ccccc1. The fourth-order valence-electron chi connectivity index (χ4n) is 4.13. The summed E-state index contributed by atoms with van der Waals surface area (Å²) in [4.78, 5) is 12.2. The van der Waals surface area contributed by atoms with Gasteiger partial charge in [-0.25, -0.2) is 4.79 Å². The summed E-state index contributed by atoms with van der Waals surface area (Å²) in [5.74, 6) is 0. The molecule has 3 aliphatic rings. The van der Waals surface area contributed by atoms with E-state index in [1.54, 1.807) is 0 Å². The first kappa shape index (κ1) is 19.4. The topological polar surface area (TPSA) is 80.9 Å². The first-order chi connectivity index (χ1) is 13.7. The summed E-state index contributed by atoms with van der Waals surface area (Å²) in [7, 11) is 0. The molecule has 1 amide bonds. The number of carbonyl (C=O) groups excluding carboxylic acids is 1. The Morgan fingerprint density at radius 3 is 2.54 bits per heavy atom. The highest BCUT2D eigenvalue weighted by Crippen LogP contribution is 2.29. The molecule has 0 radical (unpaired) electrons. The molecule has 0 spiro atoms. The minimum absolute atomic E-state index is 0.0799. The van der Waals surface area contributed by atoms with Crippen LogP contribution in [-0.2, 0) is 14.2 Å². The summed E-state index contributed by atoms with van der Waals surface area (Å²) in [5.41, 5.74) is 0.920. The second-order valence-electron chi connectivity index (χ2n) is 7.59. The summed E-state index contributed by atoms with van der Waals surface area (Å²) in [6.07, 6.45) is 4.39. The molecule has 4 atom stereocenters. The van der Waals surface area contributed by atoms with E-state index in [0.717, 1.165) is 31.4 Å². The van der Waals surface area contributed by atoms with E-state index in [1.165, 1.54) is 6.42 Å². The Kier molecular flexibility index (Phi) is 6.29. The van der Waals surface area contributed by atoms with Gasteiger partial charge in [0.05, 0.1) is 19.3 Å². The fourth-order valence-corrected chi connectivity index (χ4v) is 4.40. The van der Waals surface area contributed by atoms with Crippen molar-refractivity contribution in [3.8, 4) is 0 Å². The molecule has 0 aromatic heterocycles. The zero-order valence-corrected chi connectivity index (χ0v) is 16.6. The number of thiocarbonyl (C=S) groups is 1. The maximum Gasteiger partial charge on any atom is 0.407 e. The summed E-state index contributed by atoms with van der Waals surface area (Å²) in [6.45, 7) is 0.792. The molecule has 7 nitrogen and oxygen atoms in total. The Morgan fingerprint density at radius 1 is 1.00 bits per heavy atom. The number of benzene rings is 1. The van der Waals surface area contributed by atoms with E-state index in [4.69, 9.17) is 26.4 Å². The van der Waals surface area contributed by atoms with Crippen molar-refractivity contribution in [2.75, 3.05) is 18.5 Å². The van der Waals surface area contributed by atoms with Crippen LogP contribution < -0.4 is 16.0 Å². The van der Waals surface area contributed by atoms with Crippen LogP contribution in [0.1, 0.15) is 32.1 Å². The minimum atomic E-state index is -0.393. The third-order valence-corrected chi connectivity index (χ3v) is 5.76. The van der Waals surface area contributed by atoms with Crippen LogP contribution in [0.5, 0.6) is 0 Å². The highest BCUT2D eigenvalue weighted by molar-refractivity contribution is 7.80. The Hall–Kier alpha value is -1.90. The van der Waals surface area contributed by atoms with Gasteiger partial charge in [0.15, 0.2) is 11.2 Å². The number of hydrogen-bond donors (Lipinski definition) is 3. The first-order valence-corrected chi connectivity index (χ1v) is 10.4. The zero-order chi connectivity index (χ0) is 19.3. The lowest BCUT2D eigenvalue weighted by Gasteiger charge is -2.24. The van der Waals surface area contributed by atoms with E-state index in [0.29, 0.717) is 18.3 Å². The van der Waals surface area contributed by atoms with E-state index in [-0.39, 0.29) is 30.4 Å². The van der Waals surface area contributed by atoms with Gasteiger partial charge in [0.25, 0.3) is 0 Å². The van der Waals surface area contributed by atoms with E-state index in [2.05, 4.69) is 16.0 Å². The van der Waals surface area contributed by atoms with E-state index >= 15 is 0 Å². The molecule has 1 aromatic rings. The lowest BCUT2D eigenvalue weighted by Crippen LogP contribution is -2.46. The molecule has 2 aliphatic heterocycles. The number of amides is 1. The lowest BCUT2D eigenvalue weighted by molar-refractivity contribution is 0.00277. The van der Waals surface area contributed by atoms with Crippen LogP contribution in [0, 0.1) is 0 Å². The van der Waals surface area contributed by atoms with Gasteiger partial charge >= 0.3 is 6.09 Å². The number of anilines is 1. The number of ether oxygens (including phenoxy) is 3. The van der Waals surface area contributed by atoms with Crippen molar-refractivity contribution in [2.45, 2.75) is 62.5 Å². The summed E-state index contributed by atoms with van der Waals surface area (Å²) in [5, 5.41) is 9.90. The van der Waals surface area contributed by atoms with Gasteiger partial charge in [-0.2, -0.15) is 0 Å². The van der Waals surface area contributed by atoms with Crippen LogP contribution >= 0.6 is 12.2 Å². The van der Waals surface area contributed by atoms with Crippen LogP contribution in [0.2, 0.25) is 0 Å². The molecular weight excluding hydrogens is 378 g/mol. The van der Waals surface area contributed by atoms with Crippen LogP contribution in [-0.4, -0.2) is 54.8 Å². The molecule has 3 N–H and O–H groups in total. The minimum Gasteiger partial charge on any atom is -0.441 e. The predicted molar refractivity (Wildman–Crippen MR) is 109 cm³/mol. The maximum atomic E-state index is 12.2. The Bertz CT molecular complexity index is 683. The van der Waals surface area contributed by atoms with Crippen LogP contribution in [0.3, 0.4) is 0 Å². The molecule has 1 aliphatic carbocycles. The molecule has 8 heteroatoms. The van der Waals surface area contributed by atoms with E-state index in [9.17, 15) is 4.79 Å². The average Bonchev–Trinajstić information content (AvgIpc) is 3.27. The first-order valence-electron chi connectivity index (χ1n) is 10.0. The molecule has 4 rings (SSSR count). The van der Waals surface area contributed by atoms with Crippen molar-refractivity contribution >= 4 is 29.1 Å². The van der Waals surface area contributed by atoms with Crippen LogP contribution in [0.4, 0.5) is 10.5 Å². The number of nitrogens with one attached hydrogen (secondary N) is 3. The maximum absolute atomic E-state index is 12.2. The van der Waals surface area contributed by atoms with Gasteiger partial charge in [0.2, 0.25) is 0 Å². The lowest BCUT2D eigenvalue weighted by atomic mass is 9.96. The zero-order valence-electron chi connectivity index (χ0n) is 15.8. The number of carbonyl (C=O) groups is 1. The Morgan fingerprint density at radius 2 is 1.75 bits per heavy atom. The van der Waals surface area contributed by atoms with E-state index in [1.807, 2.05) is 30.3 Å². The highest BCUT2D eigenvalue weighted by Gasteiger charge is 2.49. The molecular formula is C20H27N3O4S. The second-order valence-corrected chi connectivity index (χ2v) is 8.00. The number of rotatable bonds is 4. The second kappa shape index (κ2) is 9.07. The number of alkyl carbamates (subject to hydrolysis) is 1. The van der Waals surface area contributed by atoms with Crippen molar-refractivity contribution < 1.29 is 19.0 Å². The Labute approximate surface area is 170 Å². The fraction of sp³-hybridized carbons (Fsp3) is 0.600. The predicted octanol–water partition coefficient (Wildman–Crippen LogP) is 2.57. The third kappa shape index (κ3) is 4.74. The van der Waals surface area contributed by atoms with E-state index < -0.39 is 6.10 Å². The molecule has 0 unspecified atom stereocenters. The molecule has 152 valence electrons. The van der Waals surface area contributed by atoms with Crippen molar-refractivity contribution in [1.29, 1.82) is 0 Å².